The van der Waals surface area contributed by atoms with Crippen molar-refractivity contribution >= 4 is 35.6 Å². The molecule has 8 heteroatoms. The van der Waals surface area contributed by atoms with Crippen molar-refractivity contribution in [2.75, 3.05) is 52.4 Å². The molecule has 2 aromatic rings. The number of nitrogens with zero attached hydrogens (tertiary/aromatic N) is 1. The molecule has 0 amide bonds. The third kappa shape index (κ3) is 7.14. The topological polar surface area (TPSA) is 73.3 Å². The van der Waals surface area contributed by atoms with Gasteiger partial charge in [-0.3, -0.25) is 4.99 Å². The van der Waals surface area contributed by atoms with E-state index in [0.29, 0.717) is 24.7 Å². The van der Waals surface area contributed by atoms with Crippen molar-refractivity contribution in [2.24, 2.45) is 4.99 Å². The predicted molar refractivity (Wildman–Crippen MR) is 144 cm³/mol. The monoisotopic (exact) mass is 569 g/mol. The SMILES string of the molecule is CCNC(=NCC1(c2ccc(OCC)cc2)CCOCC1)Nc1ccc(OC)c(OC)c1.I. The Morgan fingerprint density at radius 3 is 2.30 bits per heavy atom. The lowest BCUT2D eigenvalue weighted by Gasteiger charge is -2.36. The molecule has 1 aliphatic rings. The fraction of sp³-hybridized carbons (Fsp3) is 0.480. The smallest absolute Gasteiger partial charge is 0.195 e. The maximum absolute atomic E-state index is 5.68. The van der Waals surface area contributed by atoms with Gasteiger partial charge in [0.05, 0.1) is 27.4 Å². The van der Waals surface area contributed by atoms with E-state index >= 15 is 0 Å². The fourth-order valence-electron chi connectivity index (χ4n) is 3.96. The minimum absolute atomic E-state index is 0. The molecular weight excluding hydrogens is 533 g/mol. The van der Waals surface area contributed by atoms with Gasteiger partial charge in [0, 0.05) is 36.9 Å². The predicted octanol–water partition coefficient (Wildman–Crippen LogP) is 4.85. The number of rotatable bonds is 9. The van der Waals surface area contributed by atoms with Crippen molar-refractivity contribution in [3.63, 3.8) is 0 Å². The van der Waals surface area contributed by atoms with E-state index in [0.717, 1.165) is 50.0 Å². The Labute approximate surface area is 214 Å². The van der Waals surface area contributed by atoms with E-state index in [9.17, 15) is 0 Å². The van der Waals surface area contributed by atoms with Crippen LogP contribution in [-0.2, 0) is 10.2 Å². The summed E-state index contributed by atoms with van der Waals surface area (Å²) in [6.45, 7) is 7.62. The normalized spacial score (nSPS) is 15.2. The maximum atomic E-state index is 5.68. The summed E-state index contributed by atoms with van der Waals surface area (Å²) in [7, 11) is 3.26. The number of aliphatic imine (C=N–C) groups is 1. The van der Waals surface area contributed by atoms with Gasteiger partial charge in [0.15, 0.2) is 17.5 Å². The molecule has 1 saturated heterocycles. The Kier molecular flexibility index (Phi) is 11.1. The lowest BCUT2D eigenvalue weighted by Crippen LogP contribution is -2.39. The zero-order valence-electron chi connectivity index (χ0n) is 20.0. The van der Waals surface area contributed by atoms with E-state index in [1.807, 2.05) is 37.3 Å². The number of hydrogen-bond donors (Lipinski definition) is 2. The molecule has 33 heavy (non-hydrogen) atoms. The number of halogens is 1. The number of ether oxygens (including phenoxy) is 4. The maximum Gasteiger partial charge on any atom is 0.195 e. The number of nitrogens with one attached hydrogen (secondary N) is 2. The van der Waals surface area contributed by atoms with Gasteiger partial charge in [-0.2, -0.15) is 0 Å². The Hall–Kier alpha value is -2.20. The van der Waals surface area contributed by atoms with Crippen molar-refractivity contribution in [3.05, 3.63) is 48.0 Å². The van der Waals surface area contributed by atoms with Crippen LogP contribution in [-0.4, -0.2) is 53.1 Å². The molecule has 0 bridgehead atoms. The van der Waals surface area contributed by atoms with Gasteiger partial charge in [0.25, 0.3) is 0 Å². The first-order valence-electron chi connectivity index (χ1n) is 11.2. The van der Waals surface area contributed by atoms with Gasteiger partial charge in [-0.05, 0) is 56.5 Å². The first-order chi connectivity index (χ1) is 15.6. The highest BCUT2D eigenvalue weighted by Gasteiger charge is 2.34. The number of anilines is 1. The summed E-state index contributed by atoms with van der Waals surface area (Å²) in [4.78, 5) is 4.97. The summed E-state index contributed by atoms with van der Waals surface area (Å²) in [5.74, 6) is 2.99. The van der Waals surface area contributed by atoms with Gasteiger partial charge in [0.2, 0.25) is 0 Å². The molecule has 0 aromatic heterocycles. The molecule has 2 N–H and O–H groups in total. The van der Waals surface area contributed by atoms with Crippen LogP contribution in [0.1, 0.15) is 32.3 Å². The van der Waals surface area contributed by atoms with Crippen LogP contribution in [0.3, 0.4) is 0 Å². The van der Waals surface area contributed by atoms with Gasteiger partial charge in [-0.25, -0.2) is 0 Å². The summed E-state index contributed by atoms with van der Waals surface area (Å²) in [6.07, 6.45) is 1.86. The molecular formula is C25H36IN3O4. The van der Waals surface area contributed by atoms with Crippen LogP contribution in [0.15, 0.2) is 47.5 Å². The van der Waals surface area contributed by atoms with Crippen LogP contribution in [0.4, 0.5) is 5.69 Å². The molecule has 0 aliphatic carbocycles. The van der Waals surface area contributed by atoms with Crippen LogP contribution < -0.4 is 24.8 Å². The average Bonchev–Trinajstić information content (AvgIpc) is 2.84. The van der Waals surface area contributed by atoms with Crippen LogP contribution in [0.5, 0.6) is 17.2 Å². The third-order valence-electron chi connectivity index (χ3n) is 5.76. The first kappa shape index (κ1) is 27.0. The summed E-state index contributed by atoms with van der Waals surface area (Å²) < 4.78 is 22.1. The van der Waals surface area contributed by atoms with Gasteiger partial charge in [0.1, 0.15) is 5.75 Å². The van der Waals surface area contributed by atoms with Crippen LogP contribution in [0.25, 0.3) is 0 Å². The van der Waals surface area contributed by atoms with E-state index in [1.165, 1.54) is 5.56 Å². The Bertz CT molecular complexity index is 884. The largest absolute Gasteiger partial charge is 0.494 e. The quantitative estimate of drug-likeness (QED) is 0.256. The minimum Gasteiger partial charge on any atom is -0.494 e. The highest BCUT2D eigenvalue weighted by atomic mass is 127. The van der Waals surface area contributed by atoms with Crippen LogP contribution in [0, 0.1) is 0 Å². The van der Waals surface area contributed by atoms with E-state index < -0.39 is 0 Å². The standard InChI is InChI=1S/C25H35N3O4.HI/c1-5-26-24(28-20-9-12-22(29-3)23(17-20)30-4)27-18-25(13-15-31-16-14-25)19-7-10-21(11-8-19)32-6-2;/h7-12,17H,5-6,13-16,18H2,1-4H3,(H2,26,27,28);1H. The van der Waals surface area contributed by atoms with Crippen molar-refractivity contribution < 1.29 is 18.9 Å². The molecule has 0 atom stereocenters. The van der Waals surface area contributed by atoms with Crippen molar-refractivity contribution in [1.82, 2.24) is 5.32 Å². The Morgan fingerprint density at radius 1 is 1.00 bits per heavy atom. The molecule has 0 unspecified atom stereocenters. The van der Waals surface area contributed by atoms with Gasteiger partial charge in [-0.15, -0.1) is 24.0 Å². The second-order valence-corrected chi connectivity index (χ2v) is 7.74. The number of benzene rings is 2. The molecule has 1 fully saturated rings. The zero-order chi connectivity index (χ0) is 22.8. The summed E-state index contributed by atoms with van der Waals surface area (Å²) >= 11 is 0. The third-order valence-corrected chi connectivity index (χ3v) is 5.76. The molecule has 0 radical (unpaired) electrons. The molecule has 0 spiro atoms. The fourth-order valence-corrected chi connectivity index (χ4v) is 3.96. The molecule has 0 saturated carbocycles. The molecule has 1 heterocycles. The van der Waals surface area contributed by atoms with E-state index in [-0.39, 0.29) is 29.4 Å². The molecule has 182 valence electrons. The lowest BCUT2D eigenvalue weighted by molar-refractivity contribution is 0.0531. The lowest BCUT2D eigenvalue weighted by atomic mass is 9.74. The van der Waals surface area contributed by atoms with E-state index in [2.05, 4.69) is 29.7 Å². The van der Waals surface area contributed by atoms with Gasteiger partial charge >= 0.3 is 0 Å². The number of guanidine groups is 1. The van der Waals surface area contributed by atoms with Gasteiger partial charge in [-0.1, -0.05) is 12.1 Å². The zero-order valence-corrected chi connectivity index (χ0v) is 22.3. The number of methoxy groups -OCH3 is 2. The summed E-state index contributed by atoms with van der Waals surface area (Å²) in [6, 6.07) is 14.2. The second-order valence-electron chi connectivity index (χ2n) is 7.74. The molecule has 3 rings (SSSR count). The molecule has 1 aliphatic heterocycles. The average molecular weight is 569 g/mol. The van der Waals surface area contributed by atoms with Crippen molar-refractivity contribution in [2.45, 2.75) is 32.1 Å². The van der Waals surface area contributed by atoms with Crippen LogP contribution >= 0.6 is 24.0 Å². The van der Waals surface area contributed by atoms with Crippen LogP contribution in [0.2, 0.25) is 0 Å². The molecule has 7 nitrogen and oxygen atoms in total. The van der Waals surface area contributed by atoms with Crippen molar-refractivity contribution in [1.29, 1.82) is 0 Å². The van der Waals surface area contributed by atoms with E-state index in [4.69, 9.17) is 23.9 Å². The molecule has 2 aromatic carbocycles. The summed E-state index contributed by atoms with van der Waals surface area (Å²) in [5.41, 5.74) is 2.09. The Balaban J connectivity index is 0.00000385. The highest BCUT2D eigenvalue weighted by molar-refractivity contribution is 14.0. The Morgan fingerprint density at radius 2 is 1.70 bits per heavy atom. The van der Waals surface area contributed by atoms with Gasteiger partial charge < -0.3 is 29.6 Å². The van der Waals surface area contributed by atoms with Crippen molar-refractivity contribution in [3.8, 4) is 17.2 Å². The number of hydrogen-bond acceptors (Lipinski definition) is 5. The summed E-state index contributed by atoms with van der Waals surface area (Å²) in [5, 5.41) is 6.74. The minimum atomic E-state index is -0.0665. The highest BCUT2D eigenvalue weighted by Crippen LogP contribution is 2.36. The second kappa shape index (κ2) is 13.5. The van der Waals surface area contributed by atoms with E-state index in [1.54, 1.807) is 14.2 Å². The first-order valence-corrected chi connectivity index (χ1v) is 11.2.